The van der Waals surface area contributed by atoms with Crippen LogP contribution in [0.1, 0.15) is 22.0 Å². The van der Waals surface area contributed by atoms with Gasteiger partial charge in [-0.25, -0.2) is 0 Å². The molecule has 0 unspecified atom stereocenters. The highest BCUT2D eigenvalue weighted by atomic mass is 35.5. The average Bonchev–Trinajstić information content (AvgIpc) is 3.32. The minimum Gasteiger partial charge on any atom is -0.493 e. The van der Waals surface area contributed by atoms with Crippen molar-refractivity contribution in [3.8, 4) is 17.2 Å². The number of nitrogens with zero attached hydrogens (tertiary/aromatic N) is 1. The zero-order valence-electron chi connectivity index (χ0n) is 16.4. The van der Waals surface area contributed by atoms with Crippen molar-refractivity contribution in [3.63, 3.8) is 0 Å². The van der Waals surface area contributed by atoms with Crippen molar-refractivity contribution in [2.75, 3.05) is 44.4 Å². The molecule has 152 valence electrons. The number of carbonyl (C=O) groups is 1. The molecule has 2 aromatic carbocycles. The summed E-state index contributed by atoms with van der Waals surface area (Å²) in [6.07, 6.45) is 0. The van der Waals surface area contributed by atoms with Crippen molar-refractivity contribution in [1.29, 1.82) is 0 Å². The molecule has 7 nitrogen and oxygen atoms in total. The van der Waals surface area contributed by atoms with Crippen LogP contribution in [0.4, 0.5) is 11.4 Å². The molecule has 8 heteroatoms. The maximum atomic E-state index is 13.4. The first-order chi connectivity index (χ1) is 14.0. The molecular weight excluding hydrogens is 394 g/mol. The number of methoxy groups -OCH3 is 3. The highest BCUT2D eigenvalue weighted by Gasteiger charge is 2.33. The van der Waals surface area contributed by atoms with Gasteiger partial charge in [0.25, 0.3) is 5.91 Å². The van der Waals surface area contributed by atoms with Crippen molar-refractivity contribution >= 4 is 39.8 Å². The zero-order valence-corrected chi connectivity index (χ0v) is 17.2. The molecule has 3 aromatic rings. The predicted molar refractivity (Wildman–Crippen MR) is 114 cm³/mol. The summed E-state index contributed by atoms with van der Waals surface area (Å²) in [5.41, 5.74) is 9.47. The van der Waals surface area contributed by atoms with E-state index in [0.29, 0.717) is 46.6 Å². The van der Waals surface area contributed by atoms with Gasteiger partial charge in [0.15, 0.2) is 11.5 Å². The topological polar surface area (TPSA) is 89.8 Å². The Bertz CT molecular complexity index is 1100. The number of carbonyl (C=O) groups excluding carboxylic acids is 1. The molecule has 1 aliphatic rings. The molecule has 0 saturated heterocycles. The summed E-state index contributed by atoms with van der Waals surface area (Å²) >= 11 is 6.14. The van der Waals surface area contributed by atoms with E-state index in [1.165, 1.54) is 0 Å². The van der Waals surface area contributed by atoms with E-state index < -0.39 is 0 Å². The van der Waals surface area contributed by atoms with E-state index in [0.717, 1.165) is 16.6 Å². The quantitative estimate of drug-likeness (QED) is 0.489. The number of aromatic nitrogens is 1. The molecule has 0 bridgehead atoms. The van der Waals surface area contributed by atoms with Gasteiger partial charge in [0.1, 0.15) is 5.69 Å². The van der Waals surface area contributed by atoms with Crippen LogP contribution < -0.4 is 24.8 Å². The lowest BCUT2D eigenvalue weighted by Gasteiger charge is -2.17. The van der Waals surface area contributed by atoms with Gasteiger partial charge in [0.2, 0.25) is 5.75 Å². The van der Waals surface area contributed by atoms with E-state index in [2.05, 4.69) is 4.98 Å². The second-order valence-corrected chi connectivity index (χ2v) is 7.19. The van der Waals surface area contributed by atoms with Gasteiger partial charge in [-0.1, -0.05) is 6.07 Å². The van der Waals surface area contributed by atoms with Crippen LogP contribution in [0.15, 0.2) is 30.3 Å². The van der Waals surface area contributed by atoms with Gasteiger partial charge in [-0.3, -0.25) is 4.79 Å². The van der Waals surface area contributed by atoms with E-state index in [1.807, 2.05) is 18.2 Å². The predicted octanol–water partition coefficient (Wildman–Crippen LogP) is 3.76. The molecule has 1 aromatic heterocycles. The fraction of sp³-hybridized carbons (Fsp3) is 0.286. The van der Waals surface area contributed by atoms with E-state index in [1.54, 1.807) is 38.4 Å². The number of halogens is 1. The zero-order chi connectivity index (χ0) is 20.7. The van der Waals surface area contributed by atoms with Crippen molar-refractivity contribution < 1.29 is 19.0 Å². The highest BCUT2D eigenvalue weighted by Crippen LogP contribution is 2.44. The van der Waals surface area contributed by atoms with Crippen molar-refractivity contribution in [1.82, 2.24) is 4.98 Å². The molecular formula is C21H22ClN3O4. The molecule has 0 radical (unpaired) electrons. The van der Waals surface area contributed by atoms with Gasteiger partial charge in [0, 0.05) is 35.1 Å². The molecule has 0 aliphatic carbocycles. The summed E-state index contributed by atoms with van der Waals surface area (Å²) in [4.78, 5) is 18.3. The Morgan fingerprint density at radius 3 is 2.59 bits per heavy atom. The molecule has 1 atom stereocenters. The number of fused-ring (bicyclic) bond motifs is 2. The maximum Gasteiger partial charge on any atom is 0.274 e. The first-order valence-electron chi connectivity index (χ1n) is 9.11. The number of hydrogen-bond donors (Lipinski definition) is 2. The van der Waals surface area contributed by atoms with Crippen LogP contribution in [0.3, 0.4) is 0 Å². The normalized spacial score (nSPS) is 15.4. The molecule has 0 fully saturated rings. The largest absolute Gasteiger partial charge is 0.493 e. The first-order valence-corrected chi connectivity index (χ1v) is 9.64. The highest BCUT2D eigenvalue weighted by molar-refractivity contribution is 6.19. The minimum atomic E-state index is -0.166. The summed E-state index contributed by atoms with van der Waals surface area (Å²) in [6.45, 7) is 0.500. The van der Waals surface area contributed by atoms with Crippen LogP contribution in [-0.2, 0) is 0 Å². The number of benzene rings is 2. The summed E-state index contributed by atoms with van der Waals surface area (Å²) in [5, 5.41) is 0.781. The second kappa shape index (κ2) is 7.40. The number of H-pyrrole nitrogens is 1. The standard InChI is InChI=1S/C21H22ClN3O4/c1-27-17-7-11-6-15(24-18(11)20(29-3)19(17)28-2)21(26)25-10-12(9-22)14-5-4-13(23)8-16(14)25/h4-8,12,24H,9-10,23H2,1-3H3/t12-/m1/s1. The number of ether oxygens (including phenoxy) is 3. The summed E-state index contributed by atoms with van der Waals surface area (Å²) in [6, 6.07) is 9.17. The lowest BCUT2D eigenvalue weighted by atomic mass is 10.0. The lowest BCUT2D eigenvalue weighted by Crippen LogP contribution is -2.30. The van der Waals surface area contributed by atoms with E-state index in [9.17, 15) is 4.79 Å². The van der Waals surface area contributed by atoms with Crippen molar-refractivity contribution in [2.24, 2.45) is 0 Å². The van der Waals surface area contributed by atoms with E-state index >= 15 is 0 Å². The summed E-state index contributed by atoms with van der Waals surface area (Å²) in [7, 11) is 4.64. The molecule has 0 spiro atoms. The molecule has 0 saturated carbocycles. The van der Waals surface area contributed by atoms with Crippen molar-refractivity contribution in [3.05, 3.63) is 41.6 Å². The molecule has 1 aliphatic heterocycles. The lowest BCUT2D eigenvalue weighted by molar-refractivity contribution is 0.0984. The fourth-order valence-electron chi connectivity index (χ4n) is 3.89. The fourth-order valence-corrected chi connectivity index (χ4v) is 4.15. The molecule has 2 heterocycles. The number of hydrogen-bond acceptors (Lipinski definition) is 5. The minimum absolute atomic E-state index is 0.0651. The Hall–Kier alpha value is -3.06. The number of amides is 1. The number of nitrogen functional groups attached to an aromatic ring is 1. The van der Waals surface area contributed by atoms with E-state index in [-0.39, 0.29) is 11.8 Å². The number of nitrogens with one attached hydrogen (secondary N) is 1. The van der Waals surface area contributed by atoms with Gasteiger partial charge in [0.05, 0.1) is 26.8 Å². The molecule has 29 heavy (non-hydrogen) atoms. The van der Waals surface area contributed by atoms with Gasteiger partial charge in [-0.05, 0) is 29.8 Å². The number of anilines is 2. The van der Waals surface area contributed by atoms with Gasteiger partial charge in [-0.2, -0.15) is 0 Å². The van der Waals surface area contributed by atoms with Crippen molar-refractivity contribution in [2.45, 2.75) is 5.92 Å². The van der Waals surface area contributed by atoms with Gasteiger partial charge >= 0.3 is 0 Å². The number of rotatable bonds is 5. The monoisotopic (exact) mass is 415 g/mol. The second-order valence-electron chi connectivity index (χ2n) is 6.88. The maximum absolute atomic E-state index is 13.4. The number of aromatic amines is 1. The van der Waals surface area contributed by atoms with Crippen LogP contribution in [0.25, 0.3) is 10.9 Å². The summed E-state index contributed by atoms with van der Waals surface area (Å²) < 4.78 is 16.4. The van der Waals surface area contributed by atoms with Crippen LogP contribution in [-0.4, -0.2) is 44.6 Å². The first kappa shape index (κ1) is 19.3. The SMILES string of the molecule is COc1cc2cc(C(=O)N3C[C@@H](CCl)c4ccc(N)cc43)[nH]c2c(OC)c1OC. The van der Waals surface area contributed by atoms with Crippen LogP contribution in [0.5, 0.6) is 17.2 Å². The third-order valence-corrected chi connectivity index (χ3v) is 5.64. The van der Waals surface area contributed by atoms with E-state index in [4.69, 9.17) is 31.5 Å². The van der Waals surface area contributed by atoms with Crippen LogP contribution in [0.2, 0.25) is 0 Å². The Labute approximate surface area is 173 Å². The van der Waals surface area contributed by atoms with Crippen LogP contribution in [0, 0.1) is 0 Å². The molecule has 3 N–H and O–H groups in total. The Morgan fingerprint density at radius 2 is 1.93 bits per heavy atom. The average molecular weight is 416 g/mol. The third-order valence-electron chi connectivity index (χ3n) is 5.27. The molecule has 1 amide bonds. The van der Waals surface area contributed by atoms with Gasteiger partial charge < -0.3 is 29.8 Å². The summed E-state index contributed by atoms with van der Waals surface area (Å²) in [5.74, 6) is 1.79. The Balaban J connectivity index is 1.80. The Kier molecular flexibility index (Phi) is 4.92. The van der Waals surface area contributed by atoms with Crippen LogP contribution >= 0.6 is 11.6 Å². The number of alkyl halides is 1. The smallest absolute Gasteiger partial charge is 0.274 e. The number of nitrogens with two attached hydrogens (primary N) is 1. The molecule has 4 rings (SSSR count). The van der Waals surface area contributed by atoms with Gasteiger partial charge in [-0.15, -0.1) is 11.6 Å². The Morgan fingerprint density at radius 1 is 1.17 bits per heavy atom. The third kappa shape index (κ3) is 3.02.